The third-order valence-electron chi connectivity index (χ3n) is 6.74. The van der Waals surface area contributed by atoms with Gasteiger partial charge in [0.2, 0.25) is 5.89 Å². The highest BCUT2D eigenvalue weighted by Crippen LogP contribution is 2.39. The van der Waals surface area contributed by atoms with Gasteiger partial charge in [0.25, 0.3) is 0 Å². The molecule has 0 aliphatic rings. The zero-order valence-corrected chi connectivity index (χ0v) is 28.1. The Morgan fingerprint density at radius 1 is 0.696 bits per heavy atom. The normalized spacial score (nSPS) is 10.5. The monoisotopic (exact) mass is 745 g/mol. The van der Waals surface area contributed by atoms with Crippen molar-refractivity contribution in [2.75, 3.05) is 14.2 Å². The molecule has 0 radical (unpaired) electrons. The van der Waals surface area contributed by atoms with Gasteiger partial charge in [-0.3, -0.25) is 0 Å². The fraction of sp³-hybridized carbons (Fsp3) is 0.111. The lowest BCUT2D eigenvalue weighted by Gasteiger charge is -2.13. The second-order valence-electron chi connectivity index (χ2n) is 9.81. The number of aromatic carboxylic acids is 1. The zero-order valence-electron chi connectivity index (χ0n) is 24.9. The van der Waals surface area contributed by atoms with Crippen LogP contribution in [-0.2, 0) is 13.2 Å². The number of hydrogen-bond acceptors (Lipinski definition) is 7. The SMILES string of the molecule is COc1cc(Br)c(-c2nc3ccccc3o2)cc1OCc1ccccc1.COc1cc(Br)c(C(=O)O)cc1OCc1ccccc1. The second kappa shape index (κ2) is 15.5. The van der Waals surface area contributed by atoms with Crippen LogP contribution in [-0.4, -0.2) is 30.3 Å². The summed E-state index contributed by atoms with van der Waals surface area (Å²) in [5.74, 6) is 1.67. The Bertz CT molecular complexity index is 1900. The molecule has 1 heterocycles. The lowest BCUT2D eigenvalue weighted by Crippen LogP contribution is -2.02. The predicted molar refractivity (Wildman–Crippen MR) is 183 cm³/mol. The number of hydrogen-bond donors (Lipinski definition) is 1. The van der Waals surface area contributed by atoms with Crippen molar-refractivity contribution in [3.63, 3.8) is 0 Å². The number of rotatable bonds is 10. The molecular weight excluding hydrogens is 718 g/mol. The predicted octanol–water partition coefficient (Wildman–Crippen LogP) is 9.58. The highest BCUT2D eigenvalue weighted by atomic mass is 79.9. The van der Waals surface area contributed by atoms with E-state index in [1.54, 1.807) is 13.2 Å². The van der Waals surface area contributed by atoms with Crippen LogP contribution >= 0.6 is 31.9 Å². The number of methoxy groups -OCH3 is 2. The minimum Gasteiger partial charge on any atom is -0.493 e. The molecule has 234 valence electrons. The summed E-state index contributed by atoms with van der Waals surface area (Å²) in [6.45, 7) is 0.795. The molecule has 1 N–H and O–H groups in total. The molecule has 0 saturated carbocycles. The molecule has 0 amide bonds. The quantitative estimate of drug-likeness (QED) is 0.148. The highest BCUT2D eigenvalue weighted by Gasteiger charge is 2.17. The number of carbonyl (C=O) groups is 1. The van der Waals surface area contributed by atoms with Crippen LogP contribution in [0.5, 0.6) is 23.0 Å². The molecule has 8 nitrogen and oxygen atoms in total. The van der Waals surface area contributed by atoms with E-state index in [9.17, 15) is 4.79 Å². The van der Waals surface area contributed by atoms with Gasteiger partial charge in [0, 0.05) is 8.95 Å². The Morgan fingerprint density at radius 2 is 1.22 bits per heavy atom. The number of carboxylic acids is 1. The first-order valence-electron chi connectivity index (χ1n) is 14.0. The van der Waals surface area contributed by atoms with Crippen molar-refractivity contribution in [2.45, 2.75) is 13.2 Å². The van der Waals surface area contributed by atoms with Gasteiger partial charge in [-0.25, -0.2) is 9.78 Å². The van der Waals surface area contributed by atoms with Crippen molar-refractivity contribution in [2.24, 2.45) is 0 Å². The van der Waals surface area contributed by atoms with E-state index in [2.05, 4.69) is 36.8 Å². The lowest BCUT2D eigenvalue weighted by atomic mass is 10.2. The summed E-state index contributed by atoms with van der Waals surface area (Å²) in [6.07, 6.45) is 0. The zero-order chi connectivity index (χ0) is 32.5. The summed E-state index contributed by atoms with van der Waals surface area (Å²) in [4.78, 5) is 15.7. The van der Waals surface area contributed by atoms with Gasteiger partial charge in [0.05, 0.1) is 25.3 Å². The fourth-order valence-corrected chi connectivity index (χ4v) is 5.38. The van der Waals surface area contributed by atoms with E-state index in [0.717, 1.165) is 32.3 Å². The molecule has 0 spiro atoms. The first-order chi connectivity index (χ1) is 22.4. The van der Waals surface area contributed by atoms with E-state index >= 15 is 0 Å². The van der Waals surface area contributed by atoms with Gasteiger partial charge in [-0.2, -0.15) is 0 Å². The molecule has 0 aliphatic carbocycles. The summed E-state index contributed by atoms with van der Waals surface area (Å²) < 4.78 is 29.5. The van der Waals surface area contributed by atoms with Crippen LogP contribution in [0.2, 0.25) is 0 Å². The van der Waals surface area contributed by atoms with Crippen molar-refractivity contribution >= 4 is 48.9 Å². The van der Waals surface area contributed by atoms with E-state index in [1.165, 1.54) is 13.2 Å². The standard InChI is InChI=1S/C21H16BrNO3.C15H13BrO4/c1-24-19-12-16(22)15(21-23-17-9-5-6-10-18(17)26-21)11-20(19)25-13-14-7-3-2-4-8-14;1-19-13-8-12(16)11(15(17)18)7-14(13)20-9-10-5-3-2-4-6-10/h2-12H,13H2,1H3;2-8H,9H2,1H3,(H,17,18). The Labute approximate surface area is 282 Å². The van der Waals surface area contributed by atoms with Crippen LogP contribution in [0.3, 0.4) is 0 Å². The van der Waals surface area contributed by atoms with Gasteiger partial charge in [0.15, 0.2) is 28.6 Å². The highest BCUT2D eigenvalue weighted by molar-refractivity contribution is 9.10. The number of fused-ring (bicyclic) bond motifs is 1. The molecule has 10 heteroatoms. The van der Waals surface area contributed by atoms with Crippen LogP contribution in [0.4, 0.5) is 0 Å². The molecule has 0 atom stereocenters. The number of halogens is 2. The molecule has 6 aromatic rings. The summed E-state index contributed by atoms with van der Waals surface area (Å²) in [7, 11) is 3.13. The third-order valence-corrected chi connectivity index (χ3v) is 8.05. The smallest absolute Gasteiger partial charge is 0.336 e. The van der Waals surface area contributed by atoms with E-state index in [0.29, 0.717) is 46.6 Å². The van der Waals surface area contributed by atoms with Gasteiger partial charge >= 0.3 is 5.97 Å². The lowest BCUT2D eigenvalue weighted by molar-refractivity contribution is 0.0695. The van der Waals surface area contributed by atoms with Crippen molar-refractivity contribution in [3.8, 4) is 34.5 Å². The molecule has 0 unspecified atom stereocenters. The first kappa shape index (κ1) is 32.6. The van der Waals surface area contributed by atoms with E-state index in [-0.39, 0.29) is 5.56 Å². The summed E-state index contributed by atoms with van der Waals surface area (Å²) >= 11 is 6.78. The molecule has 0 fully saturated rings. The maximum Gasteiger partial charge on any atom is 0.336 e. The van der Waals surface area contributed by atoms with E-state index in [4.69, 9.17) is 28.5 Å². The molecular formula is C36H29Br2NO7. The average molecular weight is 747 g/mol. The van der Waals surface area contributed by atoms with Crippen LogP contribution in [0, 0.1) is 0 Å². The fourth-order valence-electron chi connectivity index (χ4n) is 4.40. The van der Waals surface area contributed by atoms with Crippen LogP contribution in [0.1, 0.15) is 21.5 Å². The largest absolute Gasteiger partial charge is 0.493 e. The molecule has 0 bridgehead atoms. The average Bonchev–Trinajstić information content (AvgIpc) is 3.52. The summed E-state index contributed by atoms with van der Waals surface area (Å²) in [5.41, 5.74) is 4.59. The number of aromatic nitrogens is 1. The molecule has 46 heavy (non-hydrogen) atoms. The maximum absolute atomic E-state index is 11.1. The molecule has 5 aromatic carbocycles. The molecule has 0 aliphatic heterocycles. The minimum absolute atomic E-state index is 0.133. The van der Waals surface area contributed by atoms with Crippen molar-refractivity contribution in [1.82, 2.24) is 4.98 Å². The van der Waals surface area contributed by atoms with Crippen molar-refractivity contribution < 1.29 is 33.3 Å². The topological polar surface area (TPSA) is 100 Å². The maximum atomic E-state index is 11.1. The van der Waals surface area contributed by atoms with Crippen molar-refractivity contribution in [3.05, 3.63) is 135 Å². The van der Waals surface area contributed by atoms with Gasteiger partial charge < -0.3 is 28.5 Å². The molecule has 1 aromatic heterocycles. The number of nitrogens with zero attached hydrogens (tertiary/aromatic N) is 1. The third kappa shape index (κ3) is 8.07. The van der Waals surface area contributed by atoms with Crippen LogP contribution in [0.15, 0.2) is 123 Å². The molecule has 6 rings (SSSR count). The minimum atomic E-state index is -1.02. The van der Waals surface area contributed by atoms with Crippen molar-refractivity contribution in [1.29, 1.82) is 0 Å². The number of para-hydroxylation sites is 2. The summed E-state index contributed by atoms with van der Waals surface area (Å²) in [5, 5.41) is 9.11. The van der Waals surface area contributed by atoms with Gasteiger partial charge in [-0.05, 0) is 79.4 Å². The Kier molecular flexibility index (Phi) is 11.0. The van der Waals surface area contributed by atoms with Gasteiger partial charge in [-0.1, -0.05) is 72.8 Å². The van der Waals surface area contributed by atoms with E-state index in [1.807, 2.05) is 97.1 Å². The number of ether oxygens (including phenoxy) is 4. The number of carboxylic acid groups (broad SMARTS) is 1. The van der Waals surface area contributed by atoms with Gasteiger partial charge in [0.1, 0.15) is 18.7 Å². The Balaban J connectivity index is 0.000000188. The summed E-state index contributed by atoms with van der Waals surface area (Å²) in [6, 6.07) is 34.1. The first-order valence-corrected chi connectivity index (χ1v) is 15.6. The Hall–Kier alpha value is -4.80. The number of benzene rings is 5. The van der Waals surface area contributed by atoms with Gasteiger partial charge in [-0.15, -0.1) is 0 Å². The number of oxazole rings is 1. The Morgan fingerprint density at radius 3 is 1.76 bits per heavy atom. The second-order valence-corrected chi connectivity index (χ2v) is 11.5. The van der Waals surface area contributed by atoms with Crippen LogP contribution < -0.4 is 18.9 Å². The molecule has 0 saturated heterocycles. The van der Waals surface area contributed by atoms with Crippen LogP contribution in [0.25, 0.3) is 22.6 Å². The van der Waals surface area contributed by atoms with E-state index < -0.39 is 5.97 Å².